The predicted octanol–water partition coefficient (Wildman–Crippen LogP) is 3.31. The van der Waals surface area contributed by atoms with Gasteiger partial charge in [0.25, 0.3) is 5.91 Å². The van der Waals surface area contributed by atoms with Gasteiger partial charge in [0.15, 0.2) is 6.61 Å². The van der Waals surface area contributed by atoms with Gasteiger partial charge < -0.3 is 4.74 Å². The molecule has 1 N–H and O–H groups in total. The van der Waals surface area contributed by atoms with Gasteiger partial charge in [-0.2, -0.15) is 5.10 Å². The molecule has 0 saturated heterocycles. The van der Waals surface area contributed by atoms with Crippen molar-refractivity contribution in [3.63, 3.8) is 0 Å². The van der Waals surface area contributed by atoms with Gasteiger partial charge in [-0.25, -0.2) is 9.82 Å². The number of nitrogens with zero attached hydrogens (tertiary/aromatic N) is 1. The van der Waals surface area contributed by atoms with E-state index in [2.05, 4.69) is 17.5 Å². The minimum atomic E-state index is -0.379. The summed E-state index contributed by atoms with van der Waals surface area (Å²) in [6.07, 6.45) is 3.49. The van der Waals surface area contributed by atoms with Crippen molar-refractivity contribution in [3.05, 3.63) is 65.5 Å². The first kappa shape index (κ1) is 16.7. The molecule has 2 aromatic carbocycles. The zero-order chi connectivity index (χ0) is 16.5. The Morgan fingerprint density at radius 3 is 2.74 bits per heavy atom. The number of aryl methyl sites for hydroxylation is 1. The number of hydrazone groups is 1. The van der Waals surface area contributed by atoms with Crippen LogP contribution in [0.3, 0.4) is 0 Å². The number of carbonyl (C=O) groups is 1. The molecule has 0 unspecified atom stereocenters. The van der Waals surface area contributed by atoms with Gasteiger partial charge in [0.1, 0.15) is 11.6 Å². The molecule has 2 rings (SSSR count). The van der Waals surface area contributed by atoms with Gasteiger partial charge in [-0.05, 0) is 41.8 Å². The maximum Gasteiger partial charge on any atom is 0.277 e. The molecule has 0 heterocycles. The van der Waals surface area contributed by atoms with Crippen molar-refractivity contribution in [3.8, 4) is 5.75 Å². The molecule has 2 aromatic rings. The number of ether oxygens (including phenoxy) is 1. The number of benzene rings is 2. The lowest BCUT2D eigenvalue weighted by Gasteiger charge is -2.06. The lowest BCUT2D eigenvalue weighted by molar-refractivity contribution is -0.123. The van der Waals surface area contributed by atoms with Crippen molar-refractivity contribution in [1.29, 1.82) is 0 Å². The molecule has 1 amide bonds. The van der Waals surface area contributed by atoms with E-state index in [1.807, 2.05) is 24.3 Å². The van der Waals surface area contributed by atoms with E-state index in [0.29, 0.717) is 11.3 Å². The van der Waals surface area contributed by atoms with Crippen LogP contribution in [0.25, 0.3) is 0 Å². The van der Waals surface area contributed by atoms with E-state index >= 15 is 0 Å². The summed E-state index contributed by atoms with van der Waals surface area (Å²) in [6.45, 7) is 1.99. The zero-order valence-electron chi connectivity index (χ0n) is 13.0. The van der Waals surface area contributed by atoms with Gasteiger partial charge in [0, 0.05) is 0 Å². The van der Waals surface area contributed by atoms with Gasteiger partial charge in [0.05, 0.1) is 6.21 Å². The standard InChI is InChI=1S/C18H19FN2O2/c1-2-4-14-7-9-17(10-8-14)23-13-18(22)21-20-12-15-5-3-6-16(19)11-15/h3,5-12H,2,4,13H2,1H3,(H,21,22)/b20-12+. The average molecular weight is 314 g/mol. The first-order valence-electron chi connectivity index (χ1n) is 7.46. The van der Waals surface area contributed by atoms with Crippen LogP contribution in [0.2, 0.25) is 0 Å². The van der Waals surface area contributed by atoms with E-state index in [1.165, 1.54) is 23.9 Å². The molecule has 4 nitrogen and oxygen atoms in total. The molecular formula is C18H19FN2O2. The molecule has 0 bridgehead atoms. The Kier molecular flexibility index (Phi) is 6.29. The van der Waals surface area contributed by atoms with Gasteiger partial charge in [-0.1, -0.05) is 37.6 Å². The van der Waals surface area contributed by atoms with Crippen LogP contribution in [0.15, 0.2) is 53.6 Å². The largest absolute Gasteiger partial charge is 0.484 e. The summed E-state index contributed by atoms with van der Waals surface area (Å²) < 4.78 is 18.3. The van der Waals surface area contributed by atoms with E-state index in [9.17, 15) is 9.18 Å². The van der Waals surface area contributed by atoms with Crippen LogP contribution in [0.5, 0.6) is 5.75 Å². The minimum absolute atomic E-state index is 0.131. The van der Waals surface area contributed by atoms with Gasteiger partial charge >= 0.3 is 0 Å². The maximum absolute atomic E-state index is 13.0. The molecule has 120 valence electrons. The summed E-state index contributed by atoms with van der Waals surface area (Å²) in [6, 6.07) is 13.6. The molecule has 0 atom stereocenters. The van der Waals surface area contributed by atoms with Gasteiger partial charge in [-0.3, -0.25) is 4.79 Å². The monoisotopic (exact) mass is 314 g/mol. The zero-order valence-corrected chi connectivity index (χ0v) is 13.0. The van der Waals surface area contributed by atoms with Crippen molar-refractivity contribution in [2.45, 2.75) is 19.8 Å². The molecular weight excluding hydrogens is 295 g/mol. The maximum atomic E-state index is 13.0. The van der Waals surface area contributed by atoms with Crippen LogP contribution < -0.4 is 10.2 Å². The molecule has 0 spiro atoms. The molecule has 0 saturated carbocycles. The van der Waals surface area contributed by atoms with Gasteiger partial charge in [-0.15, -0.1) is 0 Å². The fourth-order valence-corrected chi connectivity index (χ4v) is 1.99. The Bertz CT molecular complexity index is 669. The van der Waals surface area contributed by atoms with Crippen LogP contribution in [-0.4, -0.2) is 18.7 Å². The quantitative estimate of drug-likeness (QED) is 0.629. The third-order valence-electron chi connectivity index (χ3n) is 3.08. The Morgan fingerprint density at radius 2 is 2.04 bits per heavy atom. The van der Waals surface area contributed by atoms with E-state index in [-0.39, 0.29) is 18.3 Å². The van der Waals surface area contributed by atoms with Crippen LogP contribution in [0.1, 0.15) is 24.5 Å². The van der Waals surface area contributed by atoms with Crippen molar-refractivity contribution in [2.75, 3.05) is 6.61 Å². The second-order valence-electron chi connectivity index (χ2n) is 5.03. The molecule has 0 aliphatic heterocycles. The normalized spacial score (nSPS) is 10.7. The van der Waals surface area contributed by atoms with Crippen molar-refractivity contribution in [1.82, 2.24) is 5.43 Å². The Morgan fingerprint density at radius 1 is 1.26 bits per heavy atom. The lowest BCUT2D eigenvalue weighted by atomic mass is 10.1. The number of rotatable bonds is 7. The molecule has 5 heteroatoms. The van der Waals surface area contributed by atoms with Crippen LogP contribution in [-0.2, 0) is 11.2 Å². The number of nitrogens with one attached hydrogen (secondary N) is 1. The van der Waals surface area contributed by atoms with Crippen LogP contribution in [0.4, 0.5) is 4.39 Å². The van der Waals surface area contributed by atoms with Crippen LogP contribution in [0, 0.1) is 5.82 Å². The third-order valence-corrected chi connectivity index (χ3v) is 3.08. The van der Waals surface area contributed by atoms with Crippen LogP contribution >= 0.6 is 0 Å². The second-order valence-corrected chi connectivity index (χ2v) is 5.03. The highest BCUT2D eigenvalue weighted by molar-refractivity contribution is 5.82. The highest BCUT2D eigenvalue weighted by Crippen LogP contribution is 2.13. The third kappa shape index (κ3) is 5.90. The number of amides is 1. The second kappa shape index (κ2) is 8.68. The van der Waals surface area contributed by atoms with E-state index in [4.69, 9.17) is 4.74 Å². The summed E-state index contributed by atoms with van der Waals surface area (Å²) in [4.78, 5) is 11.6. The number of hydrogen-bond donors (Lipinski definition) is 1. The molecule has 0 aliphatic rings. The molecule has 0 aliphatic carbocycles. The Balaban J connectivity index is 1.76. The first-order chi connectivity index (χ1) is 11.2. The summed E-state index contributed by atoms with van der Waals surface area (Å²) in [5, 5.41) is 3.76. The van der Waals surface area contributed by atoms with Crippen molar-refractivity contribution in [2.24, 2.45) is 5.10 Å². The minimum Gasteiger partial charge on any atom is -0.484 e. The SMILES string of the molecule is CCCc1ccc(OCC(=O)N/N=C/c2cccc(F)c2)cc1. The van der Waals surface area contributed by atoms with E-state index < -0.39 is 0 Å². The lowest BCUT2D eigenvalue weighted by Crippen LogP contribution is -2.24. The topological polar surface area (TPSA) is 50.7 Å². The molecule has 0 radical (unpaired) electrons. The summed E-state index contributed by atoms with van der Waals surface area (Å²) in [5.74, 6) is -0.0977. The van der Waals surface area contributed by atoms with E-state index in [0.717, 1.165) is 12.8 Å². The Hall–Kier alpha value is -2.69. The number of hydrogen-bond acceptors (Lipinski definition) is 3. The molecule has 23 heavy (non-hydrogen) atoms. The average Bonchev–Trinajstić information content (AvgIpc) is 2.55. The van der Waals surface area contributed by atoms with Crippen molar-refractivity contribution >= 4 is 12.1 Å². The summed E-state index contributed by atoms with van der Waals surface area (Å²) in [7, 11) is 0. The smallest absolute Gasteiger partial charge is 0.277 e. The summed E-state index contributed by atoms with van der Waals surface area (Å²) in [5.41, 5.74) is 4.14. The highest BCUT2D eigenvalue weighted by Gasteiger charge is 2.01. The molecule has 0 aromatic heterocycles. The highest BCUT2D eigenvalue weighted by atomic mass is 19.1. The number of halogens is 1. The fraction of sp³-hybridized carbons (Fsp3) is 0.222. The molecule has 0 fully saturated rings. The summed E-state index contributed by atoms with van der Waals surface area (Å²) >= 11 is 0. The fourth-order valence-electron chi connectivity index (χ4n) is 1.99. The van der Waals surface area contributed by atoms with Gasteiger partial charge in [0.2, 0.25) is 0 Å². The number of carbonyl (C=O) groups excluding carboxylic acids is 1. The van der Waals surface area contributed by atoms with E-state index in [1.54, 1.807) is 12.1 Å². The Labute approximate surface area is 135 Å². The van der Waals surface area contributed by atoms with Crippen molar-refractivity contribution < 1.29 is 13.9 Å². The first-order valence-corrected chi connectivity index (χ1v) is 7.46. The predicted molar refractivity (Wildman–Crippen MR) is 88.1 cm³/mol.